The van der Waals surface area contributed by atoms with Crippen LogP contribution in [0.5, 0.6) is 0 Å². The second-order valence-corrected chi connectivity index (χ2v) is 4.92. The van der Waals surface area contributed by atoms with Crippen LogP contribution in [0.2, 0.25) is 10.0 Å². The largest absolute Gasteiger partial charge is 0.257 e. The molecule has 0 N–H and O–H groups in total. The van der Waals surface area contributed by atoms with Gasteiger partial charge < -0.3 is 0 Å². The van der Waals surface area contributed by atoms with Crippen LogP contribution in [0, 0.1) is 0 Å². The van der Waals surface area contributed by atoms with E-state index in [4.69, 9.17) is 23.2 Å². The summed E-state index contributed by atoms with van der Waals surface area (Å²) in [6.45, 7) is 6.36. The summed E-state index contributed by atoms with van der Waals surface area (Å²) in [6.07, 6.45) is 0.982. The van der Waals surface area contributed by atoms with Crippen molar-refractivity contribution in [3.63, 3.8) is 0 Å². The van der Waals surface area contributed by atoms with Crippen LogP contribution >= 0.6 is 23.2 Å². The number of nitrogens with zero attached hydrogens (tertiary/aromatic N) is 1. The van der Waals surface area contributed by atoms with Crippen molar-refractivity contribution in [1.29, 1.82) is 0 Å². The van der Waals surface area contributed by atoms with E-state index in [1.54, 1.807) is 6.07 Å². The van der Waals surface area contributed by atoms with Crippen molar-refractivity contribution in [2.24, 2.45) is 4.99 Å². The van der Waals surface area contributed by atoms with E-state index in [0.29, 0.717) is 10.0 Å². The van der Waals surface area contributed by atoms with Crippen LogP contribution < -0.4 is 0 Å². The molecule has 0 saturated heterocycles. The van der Waals surface area contributed by atoms with Crippen LogP contribution in [0.25, 0.3) is 0 Å². The highest BCUT2D eigenvalue weighted by atomic mass is 35.5. The molecule has 3 heteroatoms. The lowest BCUT2D eigenvalue weighted by molar-refractivity contribution is 0.624. The van der Waals surface area contributed by atoms with Gasteiger partial charge in [-0.05, 0) is 25.5 Å². The molecule has 0 aromatic heterocycles. The molecule has 0 spiro atoms. The Kier molecular flexibility index (Phi) is 2.56. The average molecular weight is 242 g/mol. The van der Waals surface area contributed by atoms with Crippen LogP contribution in [0.4, 0.5) is 5.69 Å². The lowest BCUT2D eigenvalue weighted by Crippen LogP contribution is -2.26. The fourth-order valence-electron chi connectivity index (χ4n) is 2.08. The highest BCUT2D eigenvalue weighted by Gasteiger charge is 2.37. The molecule has 0 saturated carbocycles. The van der Waals surface area contributed by atoms with Crippen molar-refractivity contribution in [3.8, 4) is 0 Å². The maximum Gasteiger partial charge on any atom is 0.0686 e. The molecule has 1 aromatic carbocycles. The van der Waals surface area contributed by atoms with E-state index in [1.165, 1.54) is 0 Å². The van der Waals surface area contributed by atoms with Crippen LogP contribution in [0.3, 0.4) is 0 Å². The van der Waals surface area contributed by atoms with Crippen LogP contribution in [-0.2, 0) is 5.41 Å². The first kappa shape index (κ1) is 11.0. The Morgan fingerprint density at radius 2 is 2.00 bits per heavy atom. The quantitative estimate of drug-likeness (QED) is 0.672. The Labute approximate surface area is 100 Å². The Bertz CT molecular complexity index is 451. The smallest absolute Gasteiger partial charge is 0.0686 e. The predicted octanol–water partition coefficient (Wildman–Crippen LogP) is 4.77. The van der Waals surface area contributed by atoms with Gasteiger partial charge in [-0.3, -0.25) is 4.99 Å². The number of halogens is 2. The molecule has 1 aliphatic heterocycles. The fraction of sp³-hybridized carbons (Fsp3) is 0.417. The highest BCUT2D eigenvalue weighted by Crippen LogP contribution is 2.47. The van der Waals surface area contributed by atoms with Crippen LogP contribution in [0.1, 0.15) is 32.8 Å². The summed E-state index contributed by atoms with van der Waals surface area (Å²) in [5.74, 6) is 0. The minimum atomic E-state index is -0.0582. The SMILES string of the molecule is CCC1(C)C(C)=Nc2ccc(Cl)c(Cl)c21. The zero-order chi connectivity index (χ0) is 11.2. The van der Waals surface area contributed by atoms with Gasteiger partial charge in [-0.1, -0.05) is 37.0 Å². The molecule has 0 aliphatic carbocycles. The molecule has 2 rings (SSSR count). The summed E-state index contributed by atoms with van der Waals surface area (Å²) in [5.41, 5.74) is 3.10. The molecule has 1 nitrogen and oxygen atoms in total. The summed E-state index contributed by atoms with van der Waals surface area (Å²) < 4.78 is 0. The number of fused-ring (bicyclic) bond motifs is 1. The van der Waals surface area contributed by atoms with Crippen LogP contribution in [-0.4, -0.2) is 5.71 Å². The van der Waals surface area contributed by atoms with Crippen molar-refractivity contribution >= 4 is 34.6 Å². The van der Waals surface area contributed by atoms with Crippen molar-refractivity contribution in [1.82, 2.24) is 0 Å². The molecule has 1 atom stereocenters. The number of hydrogen-bond donors (Lipinski definition) is 0. The third kappa shape index (κ3) is 1.41. The summed E-state index contributed by atoms with van der Waals surface area (Å²) in [4.78, 5) is 4.55. The first-order chi connectivity index (χ1) is 7.00. The van der Waals surface area contributed by atoms with E-state index in [9.17, 15) is 0 Å². The highest BCUT2D eigenvalue weighted by molar-refractivity contribution is 6.43. The second kappa shape index (κ2) is 3.50. The third-order valence-electron chi connectivity index (χ3n) is 3.42. The summed E-state index contributed by atoms with van der Waals surface area (Å²) in [7, 11) is 0. The van der Waals surface area contributed by atoms with Crippen molar-refractivity contribution < 1.29 is 0 Å². The first-order valence-electron chi connectivity index (χ1n) is 5.05. The normalized spacial score (nSPS) is 23.9. The first-order valence-corrected chi connectivity index (χ1v) is 5.80. The number of benzene rings is 1. The van der Waals surface area contributed by atoms with Gasteiger partial charge in [0.05, 0.1) is 15.7 Å². The van der Waals surface area contributed by atoms with Gasteiger partial charge in [0, 0.05) is 16.7 Å². The van der Waals surface area contributed by atoms with E-state index in [0.717, 1.165) is 23.4 Å². The molecule has 1 aliphatic rings. The number of rotatable bonds is 1. The Morgan fingerprint density at radius 1 is 1.33 bits per heavy atom. The van der Waals surface area contributed by atoms with E-state index in [2.05, 4.69) is 18.8 Å². The van der Waals surface area contributed by atoms with E-state index >= 15 is 0 Å². The van der Waals surface area contributed by atoms with E-state index in [1.807, 2.05) is 13.0 Å². The molecule has 0 fully saturated rings. The zero-order valence-electron chi connectivity index (χ0n) is 9.06. The minimum absolute atomic E-state index is 0.0582. The molecule has 80 valence electrons. The average Bonchev–Trinajstić information content (AvgIpc) is 2.47. The maximum absolute atomic E-state index is 6.26. The molecule has 1 heterocycles. The summed E-state index contributed by atoms with van der Waals surface area (Å²) in [5, 5.41) is 1.26. The molecular formula is C12H13Cl2N. The van der Waals surface area contributed by atoms with E-state index < -0.39 is 0 Å². The third-order valence-corrected chi connectivity index (χ3v) is 4.22. The van der Waals surface area contributed by atoms with Gasteiger partial charge in [0.15, 0.2) is 0 Å². The predicted molar refractivity (Wildman–Crippen MR) is 66.9 cm³/mol. The minimum Gasteiger partial charge on any atom is -0.257 e. The fourth-order valence-corrected chi connectivity index (χ4v) is 2.60. The van der Waals surface area contributed by atoms with Crippen molar-refractivity contribution in [2.75, 3.05) is 0 Å². The van der Waals surface area contributed by atoms with Gasteiger partial charge in [-0.15, -0.1) is 0 Å². The van der Waals surface area contributed by atoms with Crippen LogP contribution in [0.15, 0.2) is 17.1 Å². The monoisotopic (exact) mass is 241 g/mol. The Hall–Kier alpha value is -0.530. The standard InChI is InChI=1S/C12H13Cl2N/c1-4-12(3)7(2)15-9-6-5-8(13)11(14)10(9)12/h5-6H,4H2,1-3H3. The zero-order valence-corrected chi connectivity index (χ0v) is 10.6. The van der Waals surface area contributed by atoms with E-state index in [-0.39, 0.29) is 5.41 Å². The van der Waals surface area contributed by atoms with Gasteiger partial charge in [0.25, 0.3) is 0 Å². The Balaban J connectivity index is 2.72. The van der Waals surface area contributed by atoms with Crippen molar-refractivity contribution in [3.05, 3.63) is 27.7 Å². The summed E-state index contributed by atoms with van der Waals surface area (Å²) in [6, 6.07) is 3.74. The van der Waals surface area contributed by atoms with Gasteiger partial charge in [0.2, 0.25) is 0 Å². The molecular weight excluding hydrogens is 229 g/mol. The molecule has 1 unspecified atom stereocenters. The second-order valence-electron chi connectivity index (χ2n) is 4.14. The molecule has 0 bridgehead atoms. The molecule has 1 aromatic rings. The molecule has 0 amide bonds. The van der Waals surface area contributed by atoms with Gasteiger partial charge >= 0.3 is 0 Å². The molecule has 0 radical (unpaired) electrons. The lowest BCUT2D eigenvalue weighted by atomic mass is 9.78. The lowest BCUT2D eigenvalue weighted by Gasteiger charge is -2.25. The van der Waals surface area contributed by atoms with Gasteiger partial charge in [-0.2, -0.15) is 0 Å². The number of aliphatic imine (C=N–C) groups is 1. The molecule has 15 heavy (non-hydrogen) atoms. The van der Waals surface area contributed by atoms with Crippen molar-refractivity contribution in [2.45, 2.75) is 32.6 Å². The summed E-state index contributed by atoms with van der Waals surface area (Å²) >= 11 is 12.3. The topological polar surface area (TPSA) is 12.4 Å². The van der Waals surface area contributed by atoms with Gasteiger partial charge in [0.1, 0.15) is 0 Å². The maximum atomic E-state index is 6.26. The number of hydrogen-bond acceptors (Lipinski definition) is 1. The van der Waals surface area contributed by atoms with Gasteiger partial charge in [-0.25, -0.2) is 0 Å². The Morgan fingerprint density at radius 3 is 2.60 bits per heavy atom.